The molecule has 0 N–H and O–H groups in total. The number of hydrogen-bond acceptors (Lipinski definition) is 3. The predicted molar refractivity (Wildman–Crippen MR) is 88.6 cm³/mol. The van der Waals surface area contributed by atoms with Gasteiger partial charge in [-0.25, -0.2) is 0 Å². The fourth-order valence-electron chi connectivity index (χ4n) is 3.53. The van der Waals surface area contributed by atoms with Gasteiger partial charge in [-0.15, -0.1) is 6.58 Å². The van der Waals surface area contributed by atoms with E-state index < -0.39 is 0 Å². The topological polar surface area (TPSA) is 27.7 Å². The van der Waals surface area contributed by atoms with Gasteiger partial charge in [-0.2, -0.15) is 0 Å². The van der Waals surface area contributed by atoms with Crippen LogP contribution in [0.25, 0.3) is 0 Å². The molecule has 1 fully saturated rings. The third-order valence-electron chi connectivity index (χ3n) is 4.72. The normalized spacial score (nSPS) is 25.5. The smallest absolute Gasteiger partial charge is 0.231 e. The van der Waals surface area contributed by atoms with E-state index in [9.17, 15) is 0 Å². The summed E-state index contributed by atoms with van der Waals surface area (Å²) >= 11 is 0. The van der Waals surface area contributed by atoms with E-state index in [1.54, 1.807) is 0 Å². The highest BCUT2D eigenvalue weighted by Crippen LogP contribution is 2.43. The number of fused-ring (bicyclic) bond motifs is 1. The van der Waals surface area contributed by atoms with Crippen LogP contribution >= 0.6 is 0 Å². The van der Waals surface area contributed by atoms with E-state index in [1.165, 1.54) is 5.56 Å². The lowest BCUT2D eigenvalue weighted by atomic mass is 9.84. The van der Waals surface area contributed by atoms with Gasteiger partial charge in [0, 0.05) is 5.92 Å². The van der Waals surface area contributed by atoms with Crippen LogP contribution in [0.15, 0.2) is 61.2 Å². The average Bonchev–Trinajstić information content (AvgIpc) is 3.21. The van der Waals surface area contributed by atoms with Gasteiger partial charge < -0.3 is 14.2 Å². The summed E-state index contributed by atoms with van der Waals surface area (Å²) in [6, 6.07) is 16.6. The highest BCUT2D eigenvalue weighted by atomic mass is 16.7. The van der Waals surface area contributed by atoms with E-state index >= 15 is 0 Å². The molecule has 0 amide bonds. The van der Waals surface area contributed by atoms with Crippen LogP contribution in [0.1, 0.15) is 17.2 Å². The van der Waals surface area contributed by atoms with E-state index in [0.29, 0.717) is 18.6 Å². The first kappa shape index (κ1) is 14.3. The lowest BCUT2D eigenvalue weighted by Gasteiger charge is -2.20. The van der Waals surface area contributed by atoms with Crippen molar-refractivity contribution in [2.45, 2.75) is 12.5 Å². The Labute approximate surface area is 136 Å². The molecule has 1 saturated heterocycles. The fourth-order valence-corrected chi connectivity index (χ4v) is 3.53. The molecular weight excluding hydrogens is 288 g/mol. The van der Waals surface area contributed by atoms with Crippen molar-refractivity contribution in [3.05, 3.63) is 72.3 Å². The minimum absolute atomic E-state index is 0.0377. The van der Waals surface area contributed by atoms with Crippen molar-refractivity contribution in [2.75, 3.05) is 13.4 Å². The number of hydrogen-bond donors (Lipinski definition) is 0. The molecule has 0 radical (unpaired) electrons. The molecule has 4 rings (SSSR count). The Hall–Kier alpha value is -2.26. The summed E-state index contributed by atoms with van der Waals surface area (Å²) in [5.74, 6) is 2.36. The van der Waals surface area contributed by atoms with E-state index in [0.717, 1.165) is 30.1 Å². The zero-order valence-electron chi connectivity index (χ0n) is 13.0. The van der Waals surface area contributed by atoms with Crippen molar-refractivity contribution in [2.24, 2.45) is 11.8 Å². The third-order valence-corrected chi connectivity index (χ3v) is 4.72. The van der Waals surface area contributed by atoms with E-state index in [1.807, 2.05) is 18.2 Å². The monoisotopic (exact) mass is 308 g/mol. The maximum Gasteiger partial charge on any atom is 0.231 e. The summed E-state index contributed by atoms with van der Waals surface area (Å²) in [6.07, 6.45) is 3.09. The van der Waals surface area contributed by atoms with Gasteiger partial charge in [0.1, 0.15) is 0 Å². The Morgan fingerprint density at radius 3 is 2.70 bits per heavy atom. The molecule has 23 heavy (non-hydrogen) atoms. The first-order valence-corrected chi connectivity index (χ1v) is 8.03. The van der Waals surface area contributed by atoms with Gasteiger partial charge >= 0.3 is 0 Å². The van der Waals surface area contributed by atoms with Crippen LogP contribution in [0.4, 0.5) is 0 Å². The molecular formula is C20H20O3. The second-order valence-corrected chi connectivity index (χ2v) is 6.13. The van der Waals surface area contributed by atoms with Crippen molar-refractivity contribution in [3.63, 3.8) is 0 Å². The van der Waals surface area contributed by atoms with Crippen LogP contribution in [0.2, 0.25) is 0 Å². The lowest BCUT2D eigenvalue weighted by molar-refractivity contribution is 0.0975. The van der Waals surface area contributed by atoms with E-state index in [-0.39, 0.29) is 6.10 Å². The summed E-state index contributed by atoms with van der Waals surface area (Å²) in [4.78, 5) is 0. The summed E-state index contributed by atoms with van der Waals surface area (Å²) in [5, 5.41) is 0. The zero-order valence-corrected chi connectivity index (χ0v) is 13.0. The van der Waals surface area contributed by atoms with E-state index in [2.05, 4.69) is 43.0 Å². The number of rotatable bonds is 4. The minimum Gasteiger partial charge on any atom is -0.454 e. The van der Waals surface area contributed by atoms with Gasteiger partial charge in [-0.05, 0) is 35.6 Å². The molecule has 2 aliphatic heterocycles. The molecule has 0 spiro atoms. The maximum absolute atomic E-state index is 6.12. The molecule has 0 unspecified atom stereocenters. The molecule has 2 aliphatic rings. The molecule has 3 atom stereocenters. The van der Waals surface area contributed by atoms with Gasteiger partial charge in [0.05, 0.1) is 12.7 Å². The van der Waals surface area contributed by atoms with Crippen LogP contribution in [-0.4, -0.2) is 13.4 Å². The Kier molecular flexibility index (Phi) is 3.80. The van der Waals surface area contributed by atoms with Crippen molar-refractivity contribution in [1.82, 2.24) is 0 Å². The zero-order chi connectivity index (χ0) is 15.6. The Morgan fingerprint density at radius 2 is 1.87 bits per heavy atom. The molecule has 0 aromatic heterocycles. The second kappa shape index (κ2) is 6.09. The third kappa shape index (κ3) is 2.73. The molecule has 3 nitrogen and oxygen atoms in total. The summed E-state index contributed by atoms with van der Waals surface area (Å²) < 4.78 is 17.0. The first-order chi connectivity index (χ1) is 11.3. The predicted octanol–water partition coefficient (Wildman–Crippen LogP) is 4.15. The fraction of sp³-hybridized carbons (Fsp3) is 0.300. The molecule has 118 valence electrons. The molecule has 2 heterocycles. The van der Waals surface area contributed by atoms with Crippen LogP contribution in [-0.2, 0) is 11.2 Å². The summed E-state index contributed by atoms with van der Waals surface area (Å²) in [7, 11) is 0. The van der Waals surface area contributed by atoms with Crippen molar-refractivity contribution in [3.8, 4) is 11.5 Å². The molecule has 0 aliphatic carbocycles. The summed E-state index contributed by atoms with van der Waals surface area (Å²) in [6.45, 7) is 5.10. The van der Waals surface area contributed by atoms with Crippen LogP contribution in [0, 0.1) is 11.8 Å². The standard InChI is InChI=1S/C20H20O3/c1-2-17-16(10-14-6-4-3-5-7-14)12-21-20(17)15-8-9-18-19(11-15)23-13-22-18/h2-9,11,16-17,20H,1,10,12-13H2/t16-,17+,20+/m1/s1. The average molecular weight is 308 g/mol. The van der Waals surface area contributed by atoms with Gasteiger partial charge in [0.15, 0.2) is 11.5 Å². The Morgan fingerprint density at radius 1 is 1.04 bits per heavy atom. The van der Waals surface area contributed by atoms with E-state index in [4.69, 9.17) is 14.2 Å². The Bertz CT molecular complexity index is 695. The molecule has 0 saturated carbocycles. The summed E-state index contributed by atoms with van der Waals surface area (Å²) in [5.41, 5.74) is 2.48. The number of benzene rings is 2. The van der Waals surface area contributed by atoms with Gasteiger partial charge in [-0.3, -0.25) is 0 Å². The second-order valence-electron chi connectivity index (χ2n) is 6.13. The van der Waals surface area contributed by atoms with Gasteiger partial charge in [0.25, 0.3) is 0 Å². The quantitative estimate of drug-likeness (QED) is 0.794. The molecule has 2 aromatic carbocycles. The van der Waals surface area contributed by atoms with Crippen LogP contribution in [0.3, 0.4) is 0 Å². The Balaban J connectivity index is 1.55. The minimum atomic E-state index is 0.0377. The van der Waals surface area contributed by atoms with Crippen molar-refractivity contribution in [1.29, 1.82) is 0 Å². The molecule has 3 heteroatoms. The highest BCUT2D eigenvalue weighted by Gasteiger charge is 2.36. The van der Waals surface area contributed by atoms with Gasteiger partial charge in [0.2, 0.25) is 6.79 Å². The lowest BCUT2D eigenvalue weighted by Crippen LogP contribution is -2.15. The van der Waals surface area contributed by atoms with Crippen LogP contribution in [0.5, 0.6) is 11.5 Å². The molecule has 0 bridgehead atoms. The van der Waals surface area contributed by atoms with Gasteiger partial charge in [-0.1, -0.05) is 42.5 Å². The SMILES string of the molecule is C=C[C@H]1[C@H](Cc2ccccc2)CO[C@H]1c1ccc2c(c1)OCO2. The largest absolute Gasteiger partial charge is 0.454 e. The van der Waals surface area contributed by atoms with Crippen molar-refractivity contribution < 1.29 is 14.2 Å². The molecule has 2 aromatic rings. The van der Waals surface area contributed by atoms with Crippen LogP contribution < -0.4 is 9.47 Å². The highest BCUT2D eigenvalue weighted by molar-refractivity contribution is 5.45. The van der Waals surface area contributed by atoms with Crippen molar-refractivity contribution >= 4 is 0 Å². The number of ether oxygens (including phenoxy) is 3. The maximum atomic E-state index is 6.12. The first-order valence-electron chi connectivity index (χ1n) is 8.03.